The average Bonchev–Trinajstić information content (AvgIpc) is 3.63. The number of rotatable bonds is 5. The van der Waals surface area contributed by atoms with Gasteiger partial charge in [-0.15, -0.1) is 11.3 Å². The quantitative estimate of drug-likeness (QED) is 0.0928. The number of thiophene rings is 1. The van der Waals surface area contributed by atoms with Crippen molar-refractivity contribution in [3.63, 3.8) is 0 Å². The molecule has 3 nitrogen and oxygen atoms in total. The molecule has 12 rings (SSSR count). The third-order valence-electron chi connectivity index (χ3n) is 15.1. The lowest BCUT2D eigenvalue weighted by atomic mass is 9.77. The zero-order chi connectivity index (χ0) is 43.9. The molecule has 6 aromatic carbocycles. The van der Waals surface area contributed by atoms with E-state index in [4.69, 9.17) is 6.58 Å². The summed E-state index contributed by atoms with van der Waals surface area (Å²) in [6, 6.07) is 44.8. The minimum Gasteiger partial charge on any atom is -0.195 e. The second-order valence-corrected chi connectivity index (χ2v) is 27.1. The largest absolute Gasteiger partial charge is 0.301 e. The maximum absolute atomic E-state index is 5.19. The van der Waals surface area contributed by atoms with Crippen LogP contribution in [0.5, 0.6) is 0 Å². The van der Waals surface area contributed by atoms with Crippen molar-refractivity contribution in [3.05, 3.63) is 150 Å². The zero-order valence-electron chi connectivity index (χ0n) is 38.7. The number of benzene rings is 6. The van der Waals surface area contributed by atoms with Crippen LogP contribution in [0.3, 0.4) is 0 Å². The lowest BCUT2D eigenvalue weighted by Gasteiger charge is -2.33. The highest BCUT2D eigenvalue weighted by atomic mass is 32.1. The second-order valence-electron chi connectivity index (χ2n) is 21.1. The molecule has 9 aromatic rings. The summed E-state index contributed by atoms with van der Waals surface area (Å²) in [6.07, 6.45) is 6.65. The zero-order valence-corrected chi connectivity index (χ0v) is 40.5. The van der Waals surface area contributed by atoms with Crippen molar-refractivity contribution in [1.82, 2.24) is 4.57 Å². The van der Waals surface area contributed by atoms with Crippen molar-refractivity contribution in [2.45, 2.75) is 91.9 Å². The molecule has 0 N–H and O–H groups in total. The van der Waals surface area contributed by atoms with Crippen LogP contribution in [0.4, 0.5) is 0 Å². The van der Waals surface area contributed by atoms with Crippen LogP contribution in [0.1, 0.15) is 76.1 Å². The molecular weight excluding hydrogens is 811 g/mol. The van der Waals surface area contributed by atoms with Crippen molar-refractivity contribution in [2.75, 3.05) is 0 Å². The van der Waals surface area contributed by atoms with Gasteiger partial charge in [0.25, 0.3) is 0 Å². The highest BCUT2D eigenvalue weighted by molar-refractivity contribution is 7.26. The fraction of sp³-hybridized carbons (Fsp3) is 0.288. The summed E-state index contributed by atoms with van der Waals surface area (Å²) in [5.74, 6) is 3.11. The molecule has 0 saturated heterocycles. The number of allylic oxidation sites excluding steroid dienone is 3. The van der Waals surface area contributed by atoms with Crippen LogP contribution in [-0.4, -0.2) is 12.6 Å². The number of hydrogen-bond acceptors (Lipinski definition) is 1. The molecule has 0 fully saturated rings. The molecule has 3 atom stereocenters. The molecule has 2 aliphatic heterocycles. The standard InChI is InChI=1S/C59H59N3SSi/c1-34(2)28-41-30-52-44-19-13-12-18-43(44)45-26-24-39-25-27-46-48-32-47-40(23-22-38-16-10-11-17-42(38)47)31-53(48)63-58(46)56(39)59-61(36(5)29-51(45)60(52)33-54(41)64(7,8)9)49-20-14-15-21-50(49)62(59)57-37(6)55(57)35(3)4/h10-23,25,27,30-35,37,45,51H,5,24,26,28-29H2,1-4,6-9H3/q+2. The van der Waals surface area contributed by atoms with Gasteiger partial charge in [-0.25, -0.2) is 0 Å². The van der Waals surface area contributed by atoms with E-state index in [1.807, 2.05) is 11.3 Å². The Morgan fingerprint density at radius 3 is 2.36 bits per heavy atom. The maximum atomic E-state index is 5.19. The molecule has 64 heavy (non-hydrogen) atoms. The summed E-state index contributed by atoms with van der Waals surface area (Å²) < 4.78 is 10.8. The van der Waals surface area contributed by atoms with Crippen molar-refractivity contribution in [3.8, 4) is 22.6 Å². The summed E-state index contributed by atoms with van der Waals surface area (Å²) in [5.41, 5.74) is 15.3. The second kappa shape index (κ2) is 14.4. The fourth-order valence-corrected chi connectivity index (χ4v) is 15.3. The molecule has 5 heteroatoms. The lowest BCUT2D eigenvalue weighted by Crippen LogP contribution is -2.54. The number of aromatic nitrogens is 3. The summed E-state index contributed by atoms with van der Waals surface area (Å²) in [7, 11) is -1.70. The molecule has 318 valence electrons. The summed E-state index contributed by atoms with van der Waals surface area (Å²) in [5, 5.41) is 9.54. The van der Waals surface area contributed by atoms with Gasteiger partial charge in [0.1, 0.15) is 11.4 Å². The first-order valence-corrected chi connectivity index (χ1v) is 28.1. The molecule has 0 amide bonds. The third kappa shape index (κ3) is 5.96. The smallest absolute Gasteiger partial charge is 0.195 e. The van der Waals surface area contributed by atoms with Crippen LogP contribution < -0.4 is 14.3 Å². The molecule has 3 aromatic heterocycles. The van der Waals surface area contributed by atoms with Crippen LogP contribution in [0.15, 0.2) is 134 Å². The van der Waals surface area contributed by atoms with Crippen molar-refractivity contribution < 1.29 is 9.13 Å². The first-order chi connectivity index (χ1) is 30.9. The summed E-state index contributed by atoms with van der Waals surface area (Å²) in [4.78, 5) is 0. The summed E-state index contributed by atoms with van der Waals surface area (Å²) in [6.45, 7) is 24.7. The van der Waals surface area contributed by atoms with Gasteiger partial charge in [0.15, 0.2) is 23.3 Å². The highest BCUT2D eigenvalue weighted by Crippen LogP contribution is 2.53. The van der Waals surface area contributed by atoms with Crippen LogP contribution in [0, 0.1) is 17.8 Å². The Balaban J connectivity index is 1.16. The number of hydrogen-bond donors (Lipinski definition) is 0. The van der Waals surface area contributed by atoms with E-state index in [9.17, 15) is 0 Å². The van der Waals surface area contributed by atoms with Crippen LogP contribution >= 0.6 is 11.3 Å². The average molecular weight is 870 g/mol. The predicted octanol–water partition coefficient (Wildman–Crippen LogP) is 14.6. The number of fused-ring (bicyclic) bond motifs is 18. The van der Waals surface area contributed by atoms with Gasteiger partial charge in [-0.1, -0.05) is 140 Å². The molecule has 0 radical (unpaired) electrons. The highest BCUT2D eigenvalue weighted by Gasteiger charge is 2.48. The van der Waals surface area contributed by atoms with Crippen molar-refractivity contribution >= 4 is 88.7 Å². The number of imidazole rings is 1. The SMILES string of the molecule is C=C1CC2C(CCc3ccc4c(sc5cc6ccc7ccccc7c6cc54)c3-c3n(C4=C(C(C)C)C4C)c4ccccc4[n+]31)c1ccccc1-c1cc(CC(C)C)c([Si](C)(C)C)c[n+]12. The van der Waals surface area contributed by atoms with Gasteiger partial charge >= 0.3 is 5.82 Å². The van der Waals surface area contributed by atoms with E-state index in [-0.39, 0.29) is 6.04 Å². The number of pyridine rings is 1. The van der Waals surface area contributed by atoms with Gasteiger partial charge in [-0.2, -0.15) is 13.7 Å². The van der Waals surface area contributed by atoms with Gasteiger partial charge in [-0.3, -0.25) is 0 Å². The Morgan fingerprint density at radius 1 is 0.797 bits per heavy atom. The molecule has 3 unspecified atom stereocenters. The Kier molecular flexibility index (Phi) is 9.01. The maximum Gasteiger partial charge on any atom is 0.301 e. The van der Waals surface area contributed by atoms with Crippen molar-refractivity contribution in [2.24, 2.45) is 17.8 Å². The molecular formula is C59H59N3SSi+2. The van der Waals surface area contributed by atoms with E-state index in [0.717, 1.165) is 25.7 Å². The summed E-state index contributed by atoms with van der Waals surface area (Å²) >= 11 is 1.99. The Hall–Kier alpha value is -5.62. The third-order valence-corrected chi connectivity index (χ3v) is 18.4. The first kappa shape index (κ1) is 39.9. The van der Waals surface area contributed by atoms with E-state index in [2.05, 4.69) is 189 Å². The molecule has 3 aliphatic rings. The number of nitrogens with zero attached hydrogens (tertiary/aromatic N) is 3. The Bertz CT molecular complexity index is 3500. The molecule has 0 spiro atoms. The Morgan fingerprint density at radius 2 is 1.56 bits per heavy atom. The van der Waals surface area contributed by atoms with E-state index in [0.29, 0.717) is 23.7 Å². The predicted molar refractivity (Wildman–Crippen MR) is 276 cm³/mol. The van der Waals surface area contributed by atoms with Crippen LogP contribution in [-0.2, 0) is 12.8 Å². The van der Waals surface area contributed by atoms with Gasteiger partial charge in [0.05, 0.1) is 24.8 Å². The molecule has 0 saturated carbocycles. The fourth-order valence-electron chi connectivity index (χ4n) is 12.3. The topological polar surface area (TPSA) is 12.7 Å². The minimum atomic E-state index is -1.70. The van der Waals surface area contributed by atoms with E-state index >= 15 is 0 Å². The Labute approximate surface area is 383 Å². The molecule has 5 heterocycles. The number of aryl methyl sites for hydroxylation is 1. The minimum absolute atomic E-state index is 0.227. The lowest BCUT2D eigenvalue weighted by molar-refractivity contribution is -0.719. The number of para-hydroxylation sites is 2. The molecule has 1 aliphatic carbocycles. The van der Waals surface area contributed by atoms with Crippen LogP contribution in [0.25, 0.3) is 86.8 Å². The monoisotopic (exact) mass is 869 g/mol. The van der Waals surface area contributed by atoms with Crippen molar-refractivity contribution in [1.29, 1.82) is 0 Å². The van der Waals surface area contributed by atoms with Gasteiger partial charge < -0.3 is 0 Å². The van der Waals surface area contributed by atoms with E-state index < -0.39 is 8.07 Å². The van der Waals surface area contributed by atoms with E-state index in [1.54, 1.807) is 16.3 Å². The van der Waals surface area contributed by atoms with Gasteiger partial charge in [-0.05, 0) is 105 Å². The normalized spacial score (nSPS) is 18.6. The molecule has 0 bridgehead atoms. The first-order valence-electron chi connectivity index (χ1n) is 23.8. The van der Waals surface area contributed by atoms with Gasteiger partial charge in [0.2, 0.25) is 5.69 Å². The van der Waals surface area contributed by atoms with Gasteiger partial charge in [0, 0.05) is 44.1 Å². The van der Waals surface area contributed by atoms with Crippen LogP contribution in [0.2, 0.25) is 19.6 Å². The van der Waals surface area contributed by atoms with E-state index in [1.165, 1.54) is 97.9 Å².